The summed E-state index contributed by atoms with van der Waals surface area (Å²) in [6.07, 6.45) is 0. The fourth-order valence-corrected chi connectivity index (χ4v) is 1.71. The van der Waals surface area contributed by atoms with Gasteiger partial charge >= 0.3 is 0 Å². The van der Waals surface area contributed by atoms with Crippen molar-refractivity contribution in [2.24, 2.45) is 0 Å². The zero-order valence-corrected chi connectivity index (χ0v) is 11.0. The third-order valence-electron chi connectivity index (χ3n) is 2.17. The van der Waals surface area contributed by atoms with E-state index in [0.717, 1.165) is 3.57 Å². The van der Waals surface area contributed by atoms with Crippen molar-refractivity contribution >= 4 is 28.3 Å². The van der Waals surface area contributed by atoms with Crippen LogP contribution < -0.4 is 10.5 Å². The Morgan fingerprint density at radius 3 is 2.47 bits per heavy atom. The lowest BCUT2D eigenvalue weighted by molar-refractivity contribution is 0.481. The standard InChI is InChI=1S/C13H9IN2O/c14-10-1-4-12(5-2-10)17-13-6-3-11(16)7-9(13)8-15/h1-7H,16H2. The first-order valence-corrected chi connectivity index (χ1v) is 6.00. The van der Waals surface area contributed by atoms with E-state index >= 15 is 0 Å². The monoisotopic (exact) mass is 336 g/mol. The number of hydrogen-bond donors (Lipinski definition) is 1. The van der Waals surface area contributed by atoms with Crippen LogP contribution in [0.3, 0.4) is 0 Å². The van der Waals surface area contributed by atoms with Gasteiger partial charge in [-0.25, -0.2) is 0 Å². The van der Waals surface area contributed by atoms with E-state index in [9.17, 15) is 0 Å². The largest absolute Gasteiger partial charge is 0.456 e. The predicted molar refractivity (Wildman–Crippen MR) is 74.8 cm³/mol. The van der Waals surface area contributed by atoms with E-state index in [1.807, 2.05) is 24.3 Å². The van der Waals surface area contributed by atoms with Gasteiger partial charge in [0.15, 0.2) is 0 Å². The summed E-state index contributed by atoms with van der Waals surface area (Å²) in [5, 5.41) is 8.98. The Kier molecular flexibility index (Phi) is 3.49. The average molecular weight is 336 g/mol. The molecule has 0 aliphatic heterocycles. The maximum absolute atomic E-state index is 8.98. The second kappa shape index (κ2) is 5.06. The molecule has 0 aliphatic carbocycles. The van der Waals surface area contributed by atoms with E-state index in [1.165, 1.54) is 0 Å². The van der Waals surface area contributed by atoms with Crippen molar-refractivity contribution < 1.29 is 4.74 Å². The Bertz CT molecular complexity index is 573. The van der Waals surface area contributed by atoms with Gasteiger partial charge in [-0.2, -0.15) is 5.26 Å². The SMILES string of the molecule is N#Cc1cc(N)ccc1Oc1ccc(I)cc1. The smallest absolute Gasteiger partial charge is 0.145 e. The number of hydrogen-bond acceptors (Lipinski definition) is 3. The van der Waals surface area contributed by atoms with Crippen LogP contribution in [0.25, 0.3) is 0 Å². The average Bonchev–Trinajstić information content (AvgIpc) is 2.34. The number of benzene rings is 2. The molecule has 2 aromatic carbocycles. The molecule has 0 spiro atoms. The molecule has 0 radical (unpaired) electrons. The molecule has 0 unspecified atom stereocenters. The Morgan fingerprint density at radius 1 is 1.12 bits per heavy atom. The lowest BCUT2D eigenvalue weighted by Gasteiger charge is -2.07. The van der Waals surface area contributed by atoms with E-state index in [0.29, 0.717) is 22.7 Å². The number of rotatable bonds is 2. The Hall–Kier alpha value is -1.74. The van der Waals surface area contributed by atoms with E-state index in [-0.39, 0.29) is 0 Å². The van der Waals surface area contributed by atoms with Gasteiger partial charge in [-0.15, -0.1) is 0 Å². The molecular formula is C13H9IN2O. The number of nitrogens with two attached hydrogens (primary N) is 1. The number of nitriles is 1. The highest BCUT2D eigenvalue weighted by atomic mass is 127. The van der Waals surface area contributed by atoms with Crippen molar-refractivity contribution in [3.8, 4) is 17.6 Å². The van der Waals surface area contributed by atoms with Gasteiger partial charge in [-0.05, 0) is 65.1 Å². The minimum Gasteiger partial charge on any atom is -0.456 e. The quantitative estimate of drug-likeness (QED) is 0.674. The van der Waals surface area contributed by atoms with Crippen LogP contribution >= 0.6 is 22.6 Å². The van der Waals surface area contributed by atoms with Crippen LogP contribution in [-0.2, 0) is 0 Å². The zero-order valence-electron chi connectivity index (χ0n) is 8.85. The van der Waals surface area contributed by atoms with Crippen LogP contribution in [0.15, 0.2) is 42.5 Å². The van der Waals surface area contributed by atoms with E-state index in [4.69, 9.17) is 15.7 Å². The Balaban J connectivity index is 2.30. The van der Waals surface area contributed by atoms with Gasteiger partial charge in [0.05, 0.1) is 5.56 Å². The molecule has 0 fully saturated rings. The summed E-state index contributed by atoms with van der Waals surface area (Å²) >= 11 is 2.22. The maximum Gasteiger partial charge on any atom is 0.145 e. The molecule has 0 heterocycles. The predicted octanol–water partition coefficient (Wildman–Crippen LogP) is 3.54. The van der Waals surface area contributed by atoms with Gasteiger partial charge < -0.3 is 10.5 Å². The minimum atomic E-state index is 0.434. The van der Waals surface area contributed by atoms with Gasteiger partial charge in [-0.3, -0.25) is 0 Å². The van der Waals surface area contributed by atoms with Crippen molar-refractivity contribution in [1.29, 1.82) is 5.26 Å². The number of halogens is 1. The molecule has 0 amide bonds. The molecule has 0 atom stereocenters. The molecule has 84 valence electrons. The lowest BCUT2D eigenvalue weighted by atomic mass is 10.2. The third-order valence-corrected chi connectivity index (χ3v) is 2.88. The van der Waals surface area contributed by atoms with Crippen LogP contribution in [0.4, 0.5) is 5.69 Å². The summed E-state index contributed by atoms with van der Waals surface area (Å²) in [5.74, 6) is 1.22. The van der Waals surface area contributed by atoms with Crippen molar-refractivity contribution in [1.82, 2.24) is 0 Å². The fourth-order valence-electron chi connectivity index (χ4n) is 1.35. The number of ether oxygens (including phenoxy) is 1. The zero-order chi connectivity index (χ0) is 12.3. The first kappa shape index (κ1) is 11.7. The topological polar surface area (TPSA) is 59.0 Å². The summed E-state index contributed by atoms with van der Waals surface area (Å²) < 4.78 is 6.76. The van der Waals surface area contributed by atoms with Crippen LogP contribution in [0.1, 0.15) is 5.56 Å². The summed E-state index contributed by atoms with van der Waals surface area (Å²) in [6.45, 7) is 0. The first-order valence-electron chi connectivity index (χ1n) is 4.92. The maximum atomic E-state index is 8.98. The van der Waals surface area contributed by atoms with Crippen LogP contribution in [0, 0.1) is 14.9 Å². The number of nitrogens with zero attached hydrogens (tertiary/aromatic N) is 1. The molecule has 0 saturated carbocycles. The summed E-state index contributed by atoms with van der Waals surface area (Å²) in [6, 6.07) is 14.7. The van der Waals surface area contributed by atoms with Gasteiger partial charge in [0.1, 0.15) is 17.6 Å². The molecule has 2 rings (SSSR count). The number of anilines is 1. The molecular weight excluding hydrogens is 327 g/mol. The minimum absolute atomic E-state index is 0.434. The van der Waals surface area contributed by atoms with Crippen LogP contribution in [-0.4, -0.2) is 0 Å². The Labute approximate surface area is 113 Å². The van der Waals surface area contributed by atoms with E-state index < -0.39 is 0 Å². The molecule has 2 N–H and O–H groups in total. The molecule has 4 heteroatoms. The van der Waals surface area contributed by atoms with Gasteiger partial charge in [0.2, 0.25) is 0 Å². The molecule has 0 saturated heterocycles. The lowest BCUT2D eigenvalue weighted by Crippen LogP contribution is -1.91. The molecule has 3 nitrogen and oxygen atoms in total. The van der Waals surface area contributed by atoms with E-state index in [1.54, 1.807) is 18.2 Å². The second-order valence-corrected chi connectivity index (χ2v) is 4.67. The third kappa shape index (κ3) is 2.88. The highest BCUT2D eigenvalue weighted by Gasteiger charge is 2.04. The first-order chi connectivity index (χ1) is 8.19. The normalized spacial score (nSPS) is 9.65. The van der Waals surface area contributed by atoms with Crippen molar-refractivity contribution in [2.45, 2.75) is 0 Å². The summed E-state index contributed by atoms with van der Waals surface area (Å²) in [4.78, 5) is 0. The molecule has 0 aromatic heterocycles. The highest BCUT2D eigenvalue weighted by Crippen LogP contribution is 2.26. The summed E-state index contributed by atoms with van der Waals surface area (Å²) in [5.41, 5.74) is 6.59. The van der Waals surface area contributed by atoms with Crippen molar-refractivity contribution in [3.05, 3.63) is 51.6 Å². The molecule has 0 bridgehead atoms. The summed E-state index contributed by atoms with van der Waals surface area (Å²) in [7, 11) is 0. The fraction of sp³-hybridized carbons (Fsp3) is 0. The van der Waals surface area contributed by atoms with Gasteiger partial charge in [-0.1, -0.05) is 0 Å². The van der Waals surface area contributed by atoms with Crippen molar-refractivity contribution in [2.75, 3.05) is 5.73 Å². The number of nitrogen functional groups attached to an aromatic ring is 1. The van der Waals surface area contributed by atoms with Gasteiger partial charge in [0, 0.05) is 9.26 Å². The molecule has 17 heavy (non-hydrogen) atoms. The Morgan fingerprint density at radius 2 is 1.82 bits per heavy atom. The van der Waals surface area contributed by atoms with Crippen molar-refractivity contribution in [3.63, 3.8) is 0 Å². The molecule has 0 aliphatic rings. The second-order valence-electron chi connectivity index (χ2n) is 3.42. The highest BCUT2D eigenvalue weighted by molar-refractivity contribution is 14.1. The van der Waals surface area contributed by atoms with Crippen LogP contribution in [0.2, 0.25) is 0 Å². The van der Waals surface area contributed by atoms with Gasteiger partial charge in [0.25, 0.3) is 0 Å². The van der Waals surface area contributed by atoms with Crippen LogP contribution in [0.5, 0.6) is 11.5 Å². The molecule has 2 aromatic rings. The van der Waals surface area contributed by atoms with E-state index in [2.05, 4.69) is 28.7 Å².